The predicted molar refractivity (Wildman–Crippen MR) is 68.9 cm³/mol. The first kappa shape index (κ1) is 14.5. The number of hydrogen-bond acceptors (Lipinski definition) is 3. The molecule has 4 nitrogen and oxygen atoms in total. The van der Waals surface area contributed by atoms with E-state index in [2.05, 4.69) is 24.1 Å². The van der Waals surface area contributed by atoms with Crippen LogP contribution < -0.4 is 5.32 Å². The van der Waals surface area contributed by atoms with Gasteiger partial charge in [0.2, 0.25) is 5.91 Å². The van der Waals surface area contributed by atoms with Gasteiger partial charge in [-0.2, -0.15) is 0 Å². The van der Waals surface area contributed by atoms with Crippen molar-refractivity contribution in [2.45, 2.75) is 45.8 Å². The zero-order chi connectivity index (χ0) is 12.8. The lowest BCUT2D eigenvalue weighted by molar-refractivity contribution is -0.130. The van der Waals surface area contributed by atoms with E-state index in [0.29, 0.717) is 12.0 Å². The molecule has 0 unspecified atom stereocenters. The fourth-order valence-corrected chi connectivity index (χ4v) is 2.23. The van der Waals surface area contributed by atoms with Crippen LogP contribution in [0.25, 0.3) is 0 Å². The van der Waals surface area contributed by atoms with Gasteiger partial charge in [0.15, 0.2) is 0 Å². The van der Waals surface area contributed by atoms with Gasteiger partial charge in [-0.25, -0.2) is 0 Å². The van der Waals surface area contributed by atoms with E-state index in [1.807, 2.05) is 0 Å². The van der Waals surface area contributed by atoms with Crippen LogP contribution in [0.4, 0.5) is 0 Å². The molecule has 0 saturated carbocycles. The summed E-state index contributed by atoms with van der Waals surface area (Å²) < 4.78 is 4.99. The summed E-state index contributed by atoms with van der Waals surface area (Å²) in [6.45, 7) is 9.30. The zero-order valence-electron chi connectivity index (χ0n) is 11.5. The molecule has 0 spiro atoms. The molecular formula is C13H26N2O2. The number of likely N-dealkylation sites (tertiary alicyclic amines) is 1. The van der Waals surface area contributed by atoms with Gasteiger partial charge in [0.25, 0.3) is 0 Å². The molecule has 0 aromatic rings. The van der Waals surface area contributed by atoms with E-state index in [1.54, 1.807) is 14.0 Å². The number of amides is 1. The molecule has 4 heteroatoms. The van der Waals surface area contributed by atoms with Gasteiger partial charge >= 0.3 is 0 Å². The number of ether oxygens (including phenoxy) is 1. The largest absolute Gasteiger partial charge is 0.372 e. The summed E-state index contributed by atoms with van der Waals surface area (Å²) >= 11 is 0. The SMILES string of the molecule is CO[C@@H](C)C(=O)NC[C@@H]1CCCN(C(C)C)C1. The lowest BCUT2D eigenvalue weighted by atomic mass is 9.97. The van der Waals surface area contributed by atoms with Gasteiger partial charge in [-0.3, -0.25) is 4.79 Å². The topological polar surface area (TPSA) is 41.6 Å². The van der Waals surface area contributed by atoms with Crippen LogP contribution in [0.3, 0.4) is 0 Å². The van der Waals surface area contributed by atoms with Gasteiger partial charge in [0, 0.05) is 26.2 Å². The van der Waals surface area contributed by atoms with Gasteiger partial charge in [-0.1, -0.05) is 0 Å². The molecule has 1 amide bonds. The van der Waals surface area contributed by atoms with E-state index in [-0.39, 0.29) is 12.0 Å². The minimum absolute atomic E-state index is 0.00540. The van der Waals surface area contributed by atoms with Crippen LogP contribution in [0.2, 0.25) is 0 Å². The third kappa shape index (κ3) is 4.64. The fraction of sp³-hybridized carbons (Fsp3) is 0.923. The number of carbonyl (C=O) groups is 1. The zero-order valence-corrected chi connectivity index (χ0v) is 11.5. The van der Waals surface area contributed by atoms with E-state index >= 15 is 0 Å². The number of carbonyl (C=O) groups excluding carboxylic acids is 1. The van der Waals surface area contributed by atoms with E-state index in [4.69, 9.17) is 4.74 Å². The molecule has 0 bridgehead atoms. The molecule has 2 atom stereocenters. The second kappa shape index (κ2) is 6.97. The molecule has 0 aliphatic carbocycles. The number of nitrogens with zero attached hydrogens (tertiary/aromatic N) is 1. The number of nitrogens with one attached hydrogen (secondary N) is 1. The molecular weight excluding hydrogens is 216 g/mol. The van der Waals surface area contributed by atoms with E-state index < -0.39 is 0 Å². The van der Waals surface area contributed by atoms with Crippen molar-refractivity contribution < 1.29 is 9.53 Å². The van der Waals surface area contributed by atoms with E-state index in [1.165, 1.54) is 19.4 Å². The van der Waals surface area contributed by atoms with Crippen LogP contribution >= 0.6 is 0 Å². The van der Waals surface area contributed by atoms with Gasteiger partial charge in [-0.15, -0.1) is 0 Å². The van der Waals surface area contributed by atoms with Crippen molar-refractivity contribution in [3.8, 4) is 0 Å². The quantitative estimate of drug-likeness (QED) is 0.789. The van der Waals surface area contributed by atoms with Gasteiger partial charge in [0.1, 0.15) is 6.10 Å². The Morgan fingerprint density at radius 3 is 2.76 bits per heavy atom. The maximum atomic E-state index is 11.6. The molecule has 0 aromatic heterocycles. The average molecular weight is 242 g/mol. The molecule has 1 fully saturated rings. The normalized spacial score (nSPS) is 23.7. The predicted octanol–water partition coefficient (Wildman–Crippen LogP) is 1.26. The lowest BCUT2D eigenvalue weighted by Gasteiger charge is -2.35. The monoisotopic (exact) mass is 242 g/mol. The van der Waals surface area contributed by atoms with Crippen LogP contribution in [0, 0.1) is 5.92 Å². The second-order valence-corrected chi connectivity index (χ2v) is 5.22. The van der Waals surface area contributed by atoms with Crippen molar-refractivity contribution in [3.05, 3.63) is 0 Å². The van der Waals surface area contributed by atoms with Crippen molar-refractivity contribution in [2.75, 3.05) is 26.7 Å². The molecule has 1 aliphatic rings. The maximum absolute atomic E-state index is 11.6. The summed E-state index contributed by atoms with van der Waals surface area (Å²) in [7, 11) is 1.56. The Kier molecular flexibility index (Phi) is 5.92. The lowest BCUT2D eigenvalue weighted by Crippen LogP contribution is -2.45. The maximum Gasteiger partial charge on any atom is 0.248 e. The van der Waals surface area contributed by atoms with Crippen LogP contribution in [-0.4, -0.2) is 49.7 Å². The van der Waals surface area contributed by atoms with Crippen molar-refractivity contribution in [2.24, 2.45) is 5.92 Å². The first-order valence-corrected chi connectivity index (χ1v) is 6.59. The first-order chi connectivity index (χ1) is 8.04. The Labute approximate surface area is 105 Å². The summed E-state index contributed by atoms with van der Waals surface area (Å²) in [5.74, 6) is 0.577. The number of piperidine rings is 1. The molecule has 1 aliphatic heterocycles. The van der Waals surface area contributed by atoms with Crippen LogP contribution in [0.5, 0.6) is 0 Å². The number of hydrogen-bond donors (Lipinski definition) is 1. The molecule has 1 saturated heterocycles. The minimum atomic E-state index is -0.347. The van der Waals surface area contributed by atoms with Crippen LogP contribution in [0.1, 0.15) is 33.6 Å². The van der Waals surface area contributed by atoms with E-state index in [9.17, 15) is 4.79 Å². The van der Waals surface area contributed by atoms with Crippen molar-refractivity contribution in [1.82, 2.24) is 10.2 Å². The molecule has 1 heterocycles. The third-order valence-corrected chi connectivity index (χ3v) is 3.57. The van der Waals surface area contributed by atoms with Gasteiger partial charge in [-0.05, 0) is 46.1 Å². The highest BCUT2D eigenvalue weighted by molar-refractivity contribution is 5.80. The third-order valence-electron chi connectivity index (χ3n) is 3.57. The van der Waals surface area contributed by atoms with Crippen LogP contribution in [-0.2, 0) is 9.53 Å². The van der Waals surface area contributed by atoms with Crippen molar-refractivity contribution in [1.29, 1.82) is 0 Å². The molecule has 100 valence electrons. The summed E-state index contributed by atoms with van der Waals surface area (Å²) in [5, 5.41) is 2.97. The number of methoxy groups -OCH3 is 1. The summed E-state index contributed by atoms with van der Waals surface area (Å²) in [4.78, 5) is 14.1. The first-order valence-electron chi connectivity index (χ1n) is 6.59. The van der Waals surface area contributed by atoms with Crippen molar-refractivity contribution in [3.63, 3.8) is 0 Å². The summed E-state index contributed by atoms with van der Waals surface area (Å²) in [6.07, 6.45) is 2.10. The molecule has 17 heavy (non-hydrogen) atoms. The number of rotatable bonds is 5. The van der Waals surface area contributed by atoms with Crippen LogP contribution in [0.15, 0.2) is 0 Å². The molecule has 0 radical (unpaired) electrons. The minimum Gasteiger partial charge on any atom is -0.372 e. The molecule has 1 rings (SSSR count). The van der Waals surface area contributed by atoms with Gasteiger partial charge < -0.3 is 15.0 Å². The Morgan fingerprint density at radius 2 is 2.18 bits per heavy atom. The van der Waals surface area contributed by atoms with Crippen molar-refractivity contribution >= 4 is 5.91 Å². The highest BCUT2D eigenvalue weighted by Crippen LogP contribution is 2.17. The molecule has 0 aromatic carbocycles. The Morgan fingerprint density at radius 1 is 1.47 bits per heavy atom. The van der Waals surface area contributed by atoms with E-state index in [0.717, 1.165) is 13.1 Å². The Balaban J connectivity index is 2.29. The summed E-state index contributed by atoms with van der Waals surface area (Å²) in [6, 6.07) is 0.603. The fourth-order valence-electron chi connectivity index (χ4n) is 2.23. The molecule has 1 N–H and O–H groups in total. The Bertz CT molecular complexity index is 244. The highest BCUT2D eigenvalue weighted by atomic mass is 16.5. The standard InChI is InChI=1S/C13H26N2O2/c1-10(2)15-7-5-6-12(9-15)8-14-13(16)11(3)17-4/h10-12H,5-9H2,1-4H3,(H,14,16)/t11-,12-/m0/s1. The second-order valence-electron chi connectivity index (χ2n) is 5.22. The average Bonchev–Trinajstić information content (AvgIpc) is 2.35. The van der Waals surface area contributed by atoms with Gasteiger partial charge in [0.05, 0.1) is 0 Å². The smallest absolute Gasteiger partial charge is 0.248 e. The Hall–Kier alpha value is -0.610. The summed E-state index contributed by atoms with van der Waals surface area (Å²) in [5.41, 5.74) is 0. The highest BCUT2D eigenvalue weighted by Gasteiger charge is 2.22.